The van der Waals surface area contributed by atoms with Gasteiger partial charge in [-0.15, -0.1) is 0 Å². The molecule has 1 spiro atoms. The number of hydrogen-bond donors (Lipinski definition) is 1. The maximum absolute atomic E-state index is 6.11. The van der Waals surface area contributed by atoms with E-state index >= 15 is 0 Å². The number of nitrogens with one attached hydrogen (secondary N) is 1. The maximum Gasteiger partial charge on any atom is 0.0710 e. The van der Waals surface area contributed by atoms with Gasteiger partial charge in [0.15, 0.2) is 0 Å². The number of hydrogen-bond acceptors (Lipinski definition) is 3. The second-order valence-corrected chi connectivity index (χ2v) is 5.38. The average Bonchev–Trinajstić information content (AvgIpc) is 2.74. The first-order valence-electron chi connectivity index (χ1n) is 6.60. The monoisotopic (exact) mass is 232 g/mol. The Morgan fingerprint density at radius 3 is 3.06 bits per heavy atom. The van der Waals surface area contributed by atoms with Gasteiger partial charge in [0.1, 0.15) is 0 Å². The van der Waals surface area contributed by atoms with Crippen LogP contribution in [0.2, 0.25) is 0 Å². The zero-order valence-electron chi connectivity index (χ0n) is 10.2. The van der Waals surface area contributed by atoms with Crippen molar-refractivity contribution in [2.45, 2.75) is 31.3 Å². The molecule has 17 heavy (non-hydrogen) atoms. The van der Waals surface area contributed by atoms with E-state index < -0.39 is 0 Å². The lowest BCUT2D eigenvalue weighted by molar-refractivity contribution is -0.0196. The summed E-state index contributed by atoms with van der Waals surface area (Å²) in [6.07, 6.45) is 8.51. The number of ether oxygens (including phenoxy) is 1. The summed E-state index contributed by atoms with van der Waals surface area (Å²) < 4.78 is 6.11. The largest absolute Gasteiger partial charge is 0.375 e. The predicted molar refractivity (Wildman–Crippen MR) is 66.8 cm³/mol. The molecular formula is C14H20N2O. The summed E-state index contributed by atoms with van der Waals surface area (Å²) in [5.74, 6) is 0.678. The Labute approximate surface area is 103 Å². The molecule has 3 heteroatoms. The van der Waals surface area contributed by atoms with E-state index in [1.54, 1.807) is 0 Å². The van der Waals surface area contributed by atoms with Gasteiger partial charge in [0.05, 0.1) is 12.2 Å². The normalized spacial score (nSPS) is 27.4. The molecular weight excluding hydrogens is 212 g/mol. The zero-order valence-corrected chi connectivity index (χ0v) is 10.2. The summed E-state index contributed by atoms with van der Waals surface area (Å²) in [5, 5.41) is 3.41. The standard InChI is InChI=1S/C14H20N2O/c1-2-12(10-16-5-1)8-13-9-14(17-11-13)3-6-15-7-4-14/h1-2,5,10,13,15H,3-4,6-9,11H2/t13-/m1/s1. The molecule has 2 saturated heterocycles. The third-order valence-electron chi connectivity index (χ3n) is 4.05. The Bertz CT molecular complexity index is 360. The Hall–Kier alpha value is -0.930. The first kappa shape index (κ1) is 11.2. The third kappa shape index (κ3) is 2.50. The lowest BCUT2D eigenvalue weighted by Crippen LogP contribution is -2.41. The molecule has 0 unspecified atom stereocenters. The summed E-state index contributed by atoms with van der Waals surface area (Å²) in [4.78, 5) is 4.18. The summed E-state index contributed by atoms with van der Waals surface area (Å²) >= 11 is 0. The van der Waals surface area contributed by atoms with Gasteiger partial charge in [-0.3, -0.25) is 4.98 Å². The molecule has 0 bridgehead atoms. The molecule has 2 aliphatic rings. The van der Waals surface area contributed by atoms with Crippen molar-refractivity contribution in [2.75, 3.05) is 19.7 Å². The van der Waals surface area contributed by atoms with E-state index in [4.69, 9.17) is 4.74 Å². The van der Waals surface area contributed by atoms with Crippen molar-refractivity contribution in [1.29, 1.82) is 0 Å². The second-order valence-electron chi connectivity index (χ2n) is 5.38. The van der Waals surface area contributed by atoms with E-state index in [2.05, 4.69) is 16.4 Å². The number of rotatable bonds is 2. The molecule has 1 aromatic heterocycles. The lowest BCUT2D eigenvalue weighted by Gasteiger charge is -2.33. The van der Waals surface area contributed by atoms with Crippen molar-refractivity contribution in [1.82, 2.24) is 10.3 Å². The number of aromatic nitrogens is 1. The number of piperidine rings is 1. The second kappa shape index (κ2) is 4.75. The molecule has 1 aromatic rings. The van der Waals surface area contributed by atoms with Gasteiger partial charge in [-0.05, 0) is 56.3 Å². The van der Waals surface area contributed by atoms with Gasteiger partial charge in [-0.25, -0.2) is 0 Å². The minimum atomic E-state index is 0.193. The molecule has 3 nitrogen and oxygen atoms in total. The van der Waals surface area contributed by atoms with Crippen LogP contribution in [-0.4, -0.2) is 30.3 Å². The third-order valence-corrected chi connectivity index (χ3v) is 4.05. The van der Waals surface area contributed by atoms with E-state index in [-0.39, 0.29) is 5.60 Å². The van der Waals surface area contributed by atoms with Crippen molar-refractivity contribution in [3.05, 3.63) is 30.1 Å². The molecule has 3 heterocycles. The first-order chi connectivity index (χ1) is 8.36. The van der Waals surface area contributed by atoms with Crippen LogP contribution in [0.5, 0.6) is 0 Å². The van der Waals surface area contributed by atoms with Crippen molar-refractivity contribution in [3.63, 3.8) is 0 Å². The molecule has 1 atom stereocenters. The molecule has 3 rings (SSSR count). The van der Waals surface area contributed by atoms with Crippen LogP contribution in [0.3, 0.4) is 0 Å². The highest BCUT2D eigenvalue weighted by Crippen LogP contribution is 2.38. The number of nitrogens with zero attached hydrogens (tertiary/aromatic N) is 1. The molecule has 2 aliphatic heterocycles. The fourth-order valence-electron chi connectivity index (χ4n) is 3.15. The SMILES string of the molecule is c1cncc(C[C@H]2COC3(CCNCC3)C2)c1. The van der Waals surface area contributed by atoms with Gasteiger partial charge in [-0.2, -0.15) is 0 Å². The van der Waals surface area contributed by atoms with E-state index in [1.807, 2.05) is 18.5 Å². The van der Waals surface area contributed by atoms with E-state index in [1.165, 1.54) is 24.8 Å². The maximum atomic E-state index is 6.11. The molecule has 0 amide bonds. The van der Waals surface area contributed by atoms with Gasteiger partial charge >= 0.3 is 0 Å². The highest BCUT2D eigenvalue weighted by Gasteiger charge is 2.40. The Balaban J connectivity index is 1.60. The Morgan fingerprint density at radius 2 is 2.29 bits per heavy atom. The zero-order chi connectivity index (χ0) is 11.6. The number of pyridine rings is 1. The van der Waals surface area contributed by atoms with Gasteiger partial charge < -0.3 is 10.1 Å². The van der Waals surface area contributed by atoms with Crippen LogP contribution in [-0.2, 0) is 11.2 Å². The van der Waals surface area contributed by atoms with E-state index in [9.17, 15) is 0 Å². The molecule has 0 saturated carbocycles. The summed E-state index contributed by atoms with van der Waals surface area (Å²) in [5.41, 5.74) is 1.53. The van der Waals surface area contributed by atoms with Gasteiger partial charge in [0.25, 0.3) is 0 Å². The minimum absolute atomic E-state index is 0.193. The van der Waals surface area contributed by atoms with Crippen molar-refractivity contribution in [2.24, 2.45) is 5.92 Å². The highest BCUT2D eigenvalue weighted by molar-refractivity contribution is 5.10. The van der Waals surface area contributed by atoms with Crippen molar-refractivity contribution >= 4 is 0 Å². The van der Waals surface area contributed by atoms with Crippen LogP contribution < -0.4 is 5.32 Å². The van der Waals surface area contributed by atoms with Crippen LogP contribution in [0.4, 0.5) is 0 Å². The minimum Gasteiger partial charge on any atom is -0.375 e. The smallest absolute Gasteiger partial charge is 0.0710 e. The highest BCUT2D eigenvalue weighted by atomic mass is 16.5. The molecule has 1 N–H and O–H groups in total. The van der Waals surface area contributed by atoms with Crippen LogP contribution in [0.15, 0.2) is 24.5 Å². The fraction of sp³-hybridized carbons (Fsp3) is 0.643. The van der Waals surface area contributed by atoms with E-state index in [0.717, 1.165) is 26.1 Å². The van der Waals surface area contributed by atoms with Crippen LogP contribution in [0, 0.1) is 5.92 Å². The quantitative estimate of drug-likeness (QED) is 0.844. The molecule has 92 valence electrons. The van der Waals surface area contributed by atoms with Crippen LogP contribution in [0.1, 0.15) is 24.8 Å². The van der Waals surface area contributed by atoms with Crippen molar-refractivity contribution < 1.29 is 4.74 Å². The van der Waals surface area contributed by atoms with Gasteiger partial charge in [-0.1, -0.05) is 6.07 Å². The topological polar surface area (TPSA) is 34.1 Å². The van der Waals surface area contributed by atoms with E-state index in [0.29, 0.717) is 5.92 Å². The molecule has 2 fully saturated rings. The predicted octanol–water partition coefficient (Wildman–Crippen LogP) is 1.78. The first-order valence-corrected chi connectivity index (χ1v) is 6.60. The van der Waals surface area contributed by atoms with Crippen LogP contribution >= 0.6 is 0 Å². The average molecular weight is 232 g/mol. The molecule has 0 aliphatic carbocycles. The molecule has 0 aromatic carbocycles. The Morgan fingerprint density at radius 1 is 1.41 bits per heavy atom. The van der Waals surface area contributed by atoms with Gasteiger partial charge in [0, 0.05) is 12.4 Å². The fourth-order valence-corrected chi connectivity index (χ4v) is 3.15. The Kier molecular flexibility index (Phi) is 3.12. The van der Waals surface area contributed by atoms with Crippen molar-refractivity contribution in [3.8, 4) is 0 Å². The molecule has 0 radical (unpaired) electrons. The summed E-state index contributed by atoms with van der Waals surface area (Å²) in [6.45, 7) is 3.15. The van der Waals surface area contributed by atoms with Gasteiger partial charge in [0.2, 0.25) is 0 Å². The summed E-state index contributed by atoms with van der Waals surface area (Å²) in [7, 11) is 0. The van der Waals surface area contributed by atoms with Crippen LogP contribution in [0.25, 0.3) is 0 Å². The summed E-state index contributed by atoms with van der Waals surface area (Å²) in [6, 6.07) is 4.19. The lowest BCUT2D eigenvalue weighted by atomic mass is 9.84.